The molecule has 1 unspecified atom stereocenters. The van der Waals surface area contributed by atoms with Gasteiger partial charge in [-0.15, -0.1) is 12.4 Å². The van der Waals surface area contributed by atoms with Gasteiger partial charge in [0.2, 0.25) is 11.8 Å². The second-order valence-corrected chi connectivity index (χ2v) is 4.75. The third-order valence-corrected chi connectivity index (χ3v) is 2.72. The van der Waals surface area contributed by atoms with Crippen molar-refractivity contribution in [1.82, 2.24) is 10.6 Å². The number of nitrogens with one attached hydrogen (secondary N) is 2. The van der Waals surface area contributed by atoms with Gasteiger partial charge in [0.1, 0.15) is 12.4 Å². The van der Waals surface area contributed by atoms with Gasteiger partial charge in [0.25, 0.3) is 0 Å². The molecule has 136 valence electrons. The summed E-state index contributed by atoms with van der Waals surface area (Å²) in [5.41, 5.74) is 4.18. The molecule has 4 N–H and O–H groups in total. The summed E-state index contributed by atoms with van der Waals surface area (Å²) in [7, 11) is 0. The Morgan fingerprint density at radius 3 is 2.46 bits per heavy atom. The van der Waals surface area contributed by atoms with E-state index in [-0.39, 0.29) is 37.9 Å². The second-order valence-electron chi connectivity index (χ2n) is 4.75. The minimum absolute atomic E-state index is 0. The molecule has 0 aliphatic rings. The van der Waals surface area contributed by atoms with Crippen LogP contribution in [0.15, 0.2) is 24.3 Å². The molecular formula is C14H19ClF3N3O3. The van der Waals surface area contributed by atoms with E-state index >= 15 is 0 Å². The van der Waals surface area contributed by atoms with E-state index in [1.165, 1.54) is 18.2 Å². The first kappa shape index (κ1) is 22.0. The highest BCUT2D eigenvalue weighted by atomic mass is 35.5. The fourth-order valence-electron chi connectivity index (χ4n) is 1.66. The number of hydrogen-bond acceptors (Lipinski definition) is 4. The van der Waals surface area contributed by atoms with Gasteiger partial charge in [0, 0.05) is 0 Å². The number of rotatable bonds is 7. The number of hydrogen-bond donors (Lipinski definition) is 3. The SMILES string of the molecule is CC(COc1ccccc1C(F)(F)F)NC(=O)CNC(=O)CN.Cl. The number of nitrogens with two attached hydrogens (primary N) is 1. The van der Waals surface area contributed by atoms with Crippen molar-refractivity contribution in [3.05, 3.63) is 29.8 Å². The second kappa shape index (κ2) is 9.99. The molecule has 0 aliphatic heterocycles. The summed E-state index contributed by atoms with van der Waals surface area (Å²) in [6.45, 7) is 0.919. The third kappa shape index (κ3) is 7.51. The van der Waals surface area contributed by atoms with Crippen LogP contribution in [0, 0.1) is 0 Å². The first-order valence-electron chi connectivity index (χ1n) is 6.79. The van der Waals surface area contributed by atoms with Crippen LogP contribution in [0.1, 0.15) is 12.5 Å². The van der Waals surface area contributed by atoms with E-state index in [2.05, 4.69) is 10.6 Å². The summed E-state index contributed by atoms with van der Waals surface area (Å²) >= 11 is 0. The normalized spacial score (nSPS) is 11.9. The molecule has 6 nitrogen and oxygen atoms in total. The summed E-state index contributed by atoms with van der Waals surface area (Å²) in [4.78, 5) is 22.4. The maximum Gasteiger partial charge on any atom is 0.419 e. The number of alkyl halides is 3. The minimum atomic E-state index is -4.52. The summed E-state index contributed by atoms with van der Waals surface area (Å²) in [5.74, 6) is -1.28. The Labute approximate surface area is 143 Å². The molecule has 24 heavy (non-hydrogen) atoms. The first-order valence-corrected chi connectivity index (χ1v) is 6.79. The Balaban J connectivity index is 0.00000529. The van der Waals surface area contributed by atoms with Crippen molar-refractivity contribution in [1.29, 1.82) is 0 Å². The molecule has 0 aromatic heterocycles. The molecule has 1 rings (SSSR count). The van der Waals surface area contributed by atoms with Crippen molar-refractivity contribution in [2.45, 2.75) is 19.1 Å². The molecule has 0 bridgehead atoms. The van der Waals surface area contributed by atoms with E-state index in [9.17, 15) is 22.8 Å². The summed E-state index contributed by atoms with van der Waals surface area (Å²) in [5, 5.41) is 4.76. The number of amides is 2. The van der Waals surface area contributed by atoms with Crippen molar-refractivity contribution in [2.75, 3.05) is 19.7 Å². The van der Waals surface area contributed by atoms with Gasteiger partial charge in [-0.2, -0.15) is 13.2 Å². The van der Waals surface area contributed by atoms with E-state index in [1.807, 2.05) is 0 Å². The van der Waals surface area contributed by atoms with Gasteiger partial charge in [-0.1, -0.05) is 12.1 Å². The molecule has 1 aromatic rings. The highest BCUT2D eigenvalue weighted by molar-refractivity contribution is 5.85. The minimum Gasteiger partial charge on any atom is -0.491 e. The number of para-hydroxylation sites is 1. The van der Waals surface area contributed by atoms with Crippen LogP contribution in [0.25, 0.3) is 0 Å². The van der Waals surface area contributed by atoms with Crippen molar-refractivity contribution in [3.63, 3.8) is 0 Å². The summed E-state index contributed by atoms with van der Waals surface area (Å²) < 4.78 is 43.5. The van der Waals surface area contributed by atoms with Crippen LogP contribution in [0.2, 0.25) is 0 Å². The summed E-state index contributed by atoms with van der Waals surface area (Å²) in [6.07, 6.45) is -4.52. The molecule has 0 heterocycles. The Morgan fingerprint density at radius 2 is 1.88 bits per heavy atom. The zero-order chi connectivity index (χ0) is 17.5. The Kier molecular flexibility index (Phi) is 9.16. The predicted octanol–water partition coefficient (Wildman–Crippen LogP) is 1.09. The Bertz CT molecular complexity index is 556. The predicted molar refractivity (Wildman–Crippen MR) is 83.9 cm³/mol. The molecule has 1 atom stereocenters. The van der Waals surface area contributed by atoms with Gasteiger partial charge < -0.3 is 21.1 Å². The average Bonchev–Trinajstić information content (AvgIpc) is 2.50. The fourth-order valence-corrected chi connectivity index (χ4v) is 1.66. The van der Waals surface area contributed by atoms with Crippen molar-refractivity contribution in [3.8, 4) is 5.75 Å². The first-order chi connectivity index (χ1) is 10.7. The van der Waals surface area contributed by atoms with E-state index in [0.29, 0.717) is 0 Å². The molecule has 0 fully saturated rings. The third-order valence-electron chi connectivity index (χ3n) is 2.72. The van der Waals surface area contributed by atoms with Crippen LogP contribution < -0.4 is 21.1 Å². The Hall–Kier alpha value is -2.00. The maximum absolute atomic E-state index is 12.8. The molecule has 0 saturated carbocycles. The van der Waals surface area contributed by atoms with Gasteiger partial charge in [-0.25, -0.2) is 0 Å². The molecule has 0 aliphatic carbocycles. The molecule has 10 heteroatoms. The van der Waals surface area contributed by atoms with E-state index < -0.39 is 29.6 Å². The van der Waals surface area contributed by atoms with E-state index in [0.717, 1.165) is 6.07 Å². The van der Waals surface area contributed by atoms with E-state index in [1.54, 1.807) is 6.92 Å². The average molecular weight is 370 g/mol. The molecule has 1 aromatic carbocycles. The smallest absolute Gasteiger partial charge is 0.419 e. The largest absolute Gasteiger partial charge is 0.491 e. The lowest BCUT2D eigenvalue weighted by atomic mass is 10.2. The van der Waals surface area contributed by atoms with Crippen molar-refractivity contribution >= 4 is 24.2 Å². The fraction of sp³-hybridized carbons (Fsp3) is 0.429. The highest BCUT2D eigenvalue weighted by Gasteiger charge is 2.34. The molecular weight excluding hydrogens is 351 g/mol. The Morgan fingerprint density at radius 1 is 1.25 bits per heavy atom. The monoisotopic (exact) mass is 369 g/mol. The van der Waals surface area contributed by atoms with E-state index in [4.69, 9.17) is 10.5 Å². The van der Waals surface area contributed by atoms with Crippen LogP contribution in [-0.4, -0.2) is 37.6 Å². The molecule has 0 spiro atoms. The van der Waals surface area contributed by atoms with Gasteiger partial charge in [-0.05, 0) is 19.1 Å². The zero-order valence-corrected chi connectivity index (χ0v) is 13.7. The lowest BCUT2D eigenvalue weighted by molar-refractivity contribution is -0.139. The zero-order valence-electron chi connectivity index (χ0n) is 12.9. The van der Waals surface area contributed by atoms with Crippen molar-refractivity contribution < 1.29 is 27.5 Å². The highest BCUT2D eigenvalue weighted by Crippen LogP contribution is 2.35. The van der Waals surface area contributed by atoms with Crippen LogP contribution in [-0.2, 0) is 15.8 Å². The van der Waals surface area contributed by atoms with Gasteiger partial charge in [0.15, 0.2) is 0 Å². The topological polar surface area (TPSA) is 93.5 Å². The van der Waals surface area contributed by atoms with Crippen molar-refractivity contribution in [2.24, 2.45) is 5.73 Å². The number of carbonyl (C=O) groups excluding carboxylic acids is 2. The lowest BCUT2D eigenvalue weighted by Gasteiger charge is -2.18. The number of halogens is 4. The molecule has 0 saturated heterocycles. The van der Waals surface area contributed by atoms with Gasteiger partial charge in [0.05, 0.1) is 24.7 Å². The number of ether oxygens (including phenoxy) is 1. The van der Waals surface area contributed by atoms with Gasteiger partial charge in [-0.3, -0.25) is 9.59 Å². The number of carbonyl (C=O) groups is 2. The molecule has 2 amide bonds. The summed E-state index contributed by atoms with van der Waals surface area (Å²) in [6, 6.07) is 4.27. The standard InChI is InChI=1S/C14H18F3N3O3.ClH/c1-9(20-13(22)7-19-12(21)6-18)8-23-11-5-3-2-4-10(11)14(15,16)17;/h2-5,9H,6-8,18H2,1H3,(H,19,21)(H,20,22);1H. The van der Waals surface area contributed by atoms with Crippen LogP contribution in [0.3, 0.4) is 0 Å². The van der Waals surface area contributed by atoms with Gasteiger partial charge >= 0.3 is 6.18 Å². The van der Waals surface area contributed by atoms with Crippen LogP contribution in [0.4, 0.5) is 13.2 Å². The number of benzene rings is 1. The molecule has 0 radical (unpaired) electrons. The maximum atomic E-state index is 12.8. The van der Waals surface area contributed by atoms with Crippen LogP contribution in [0.5, 0.6) is 5.75 Å². The van der Waals surface area contributed by atoms with Crippen LogP contribution >= 0.6 is 12.4 Å². The lowest BCUT2D eigenvalue weighted by Crippen LogP contribution is -2.44. The quantitative estimate of drug-likeness (QED) is 0.670.